The number of amides is 4. The lowest BCUT2D eigenvalue weighted by molar-refractivity contribution is -0.141. The van der Waals surface area contributed by atoms with Crippen molar-refractivity contribution in [1.29, 1.82) is 0 Å². The van der Waals surface area contributed by atoms with Crippen LogP contribution in [-0.2, 0) is 25.5 Å². The molecule has 246 valence electrons. The summed E-state index contributed by atoms with van der Waals surface area (Å²) in [6.45, 7) is 6.24. The average molecular weight is 635 g/mol. The van der Waals surface area contributed by atoms with Crippen LogP contribution in [-0.4, -0.2) is 95.2 Å². The molecule has 0 aromatic heterocycles. The lowest BCUT2D eigenvalue weighted by Gasteiger charge is -2.31. The number of nitrogens with one attached hydrogen (secondary N) is 3. The molecular weight excluding hydrogens is 596 g/mol. The van der Waals surface area contributed by atoms with Crippen molar-refractivity contribution in [2.45, 2.75) is 77.6 Å². The molecule has 0 unspecified atom stereocenters. The van der Waals surface area contributed by atoms with E-state index in [1.54, 1.807) is 13.8 Å². The Morgan fingerprint density at radius 1 is 1.05 bits per heavy atom. The average Bonchev–Trinajstić information content (AvgIpc) is 3.32. The number of nitrogens with zero attached hydrogens (tertiary/aromatic N) is 1. The van der Waals surface area contributed by atoms with Gasteiger partial charge in [-0.2, -0.15) is 0 Å². The van der Waals surface area contributed by atoms with Crippen LogP contribution in [0.4, 0.5) is 22.4 Å². The number of halogens is 4. The molecule has 16 heteroatoms. The van der Waals surface area contributed by atoms with E-state index in [4.69, 9.17) is 9.84 Å². The second-order valence-corrected chi connectivity index (χ2v) is 11.2. The fourth-order valence-corrected chi connectivity index (χ4v) is 4.49. The molecule has 0 radical (unpaired) electrons. The van der Waals surface area contributed by atoms with Crippen LogP contribution in [0.25, 0.3) is 0 Å². The summed E-state index contributed by atoms with van der Waals surface area (Å²) in [5, 5.41) is 26.0. The maximum Gasteiger partial charge on any atom is 0.407 e. The minimum absolute atomic E-state index is 0.0295. The quantitative estimate of drug-likeness (QED) is 0.193. The summed E-state index contributed by atoms with van der Waals surface area (Å²) in [5.41, 5.74) is -1.17. The predicted molar refractivity (Wildman–Crippen MR) is 147 cm³/mol. The Hall–Kier alpha value is -3.95. The van der Waals surface area contributed by atoms with Crippen LogP contribution < -0.4 is 16.0 Å². The third-order valence-corrected chi connectivity index (χ3v) is 6.73. The number of aromatic carboxylic acids is 1. The summed E-state index contributed by atoms with van der Waals surface area (Å²) in [6.07, 6.45) is -6.93. The summed E-state index contributed by atoms with van der Waals surface area (Å²) in [4.78, 5) is 63.4. The van der Waals surface area contributed by atoms with E-state index in [-0.39, 0.29) is 25.5 Å². The summed E-state index contributed by atoms with van der Waals surface area (Å²) in [7, 11) is 0. The molecule has 2 rings (SSSR count). The van der Waals surface area contributed by atoms with Gasteiger partial charge in [-0.15, -0.1) is 0 Å². The molecular formula is C28H38F4N4O8. The monoisotopic (exact) mass is 634 g/mol. The highest BCUT2D eigenvalue weighted by Gasteiger charge is 2.43. The molecule has 12 nitrogen and oxygen atoms in total. The molecule has 1 saturated heterocycles. The van der Waals surface area contributed by atoms with Gasteiger partial charge < -0.3 is 35.8 Å². The van der Waals surface area contributed by atoms with Gasteiger partial charge in [-0.1, -0.05) is 27.7 Å². The summed E-state index contributed by atoms with van der Waals surface area (Å²) >= 11 is 0. The number of benzene rings is 1. The third kappa shape index (κ3) is 10.3. The molecule has 4 amide bonds. The van der Waals surface area contributed by atoms with E-state index in [0.717, 1.165) is 4.90 Å². The fraction of sp³-hybridized carbons (Fsp3) is 0.607. The Balaban J connectivity index is 2.12. The number of carbonyl (C=O) groups excluding carboxylic acids is 4. The minimum atomic E-state index is -3.05. The first-order valence-electron chi connectivity index (χ1n) is 14.0. The Morgan fingerprint density at radius 3 is 2.18 bits per heavy atom. The largest absolute Gasteiger partial charge is 0.478 e. The van der Waals surface area contributed by atoms with Gasteiger partial charge in [0.1, 0.15) is 29.8 Å². The number of aliphatic hydroxyl groups is 1. The molecule has 4 atom stereocenters. The van der Waals surface area contributed by atoms with E-state index >= 15 is 0 Å². The van der Waals surface area contributed by atoms with Gasteiger partial charge in [0.15, 0.2) is 0 Å². The van der Waals surface area contributed by atoms with Crippen LogP contribution in [0.2, 0.25) is 0 Å². The van der Waals surface area contributed by atoms with E-state index in [9.17, 15) is 46.6 Å². The Kier molecular flexibility index (Phi) is 13.4. The predicted octanol–water partition coefficient (Wildman–Crippen LogP) is 1.83. The molecule has 1 aromatic carbocycles. The van der Waals surface area contributed by atoms with E-state index in [0.29, 0.717) is 12.1 Å². The van der Waals surface area contributed by atoms with Crippen molar-refractivity contribution >= 4 is 29.8 Å². The minimum Gasteiger partial charge on any atom is -0.478 e. The first kappa shape index (κ1) is 36.2. The van der Waals surface area contributed by atoms with Crippen molar-refractivity contribution in [3.8, 4) is 0 Å². The highest BCUT2D eigenvalue weighted by atomic mass is 19.3. The molecule has 5 N–H and O–H groups in total. The van der Waals surface area contributed by atoms with Gasteiger partial charge in [-0.25, -0.2) is 27.2 Å². The zero-order valence-electron chi connectivity index (χ0n) is 24.7. The van der Waals surface area contributed by atoms with Gasteiger partial charge >= 0.3 is 12.1 Å². The number of β-amino-alcohol motifs (C(OH)–C–C–N with tert-alkyl or cyclic N) is 1. The molecule has 1 fully saturated rings. The van der Waals surface area contributed by atoms with Crippen LogP contribution in [0.5, 0.6) is 0 Å². The fourth-order valence-electron chi connectivity index (χ4n) is 4.49. The van der Waals surface area contributed by atoms with Crippen molar-refractivity contribution in [3.63, 3.8) is 0 Å². The lowest BCUT2D eigenvalue weighted by Crippen LogP contribution is -2.57. The SMILES string of the molecule is CC(C)COC(=O)N[C@H](C(=O)N1C[C@H](O)C[C@H]1C(=O)N[C@@H](CC(F)F)C(=O)NCCc1c(F)cc(C(=O)O)cc1F)C(C)C. The highest BCUT2D eigenvalue weighted by molar-refractivity contribution is 5.94. The maximum atomic E-state index is 14.2. The van der Waals surface area contributed by atoms with Crippen molar-refractivity contribution in [2.24, 2.45) is 11.8 Å². The number of ether oxygens (including phenoxy) is 1. The molecule has 0 bridgehead atoms. The van der Waals surface area contributed by atoms with E-state index in [1.165, 1.54) is 0 Å². The standard InChI is InChI=1S/C28H38F4N4O8/c1-13(2)12-44-28(43)35-23(14(3)4)26(40)36-11-16(37)9-21(36)25(39)34-20(10-22(31)32)24(38)33-6-5-17-18(29)7-15(27(41)42)8-19(17)30/h7-8,13-14,16,20-23,37H,5-6,9-12H2,1-4H3,(H,33,38)(H,34,39)(H,35,43)(H,41,42)/t16-,20+,21+,23+/m1/s1. The topological polar surface area (TPSA) is 174 Å². The molecule has 0 saturated carbocycles. The second-order valence-electron chi connectivity index (χ2n) is 11.2. The molecule has 44 heavy (non-hydrogen) atoms. The molecule has 1 aliphatic rings. The molecule has 0 aliphatic carbocycles. The normalized spacial score (nSPS) is 17.9. The third-order valence-electron chi connectivity index (χ3n) is 6.73. The zero-order chi connectivity index (χ0) is 33.3. The van der Waals surface area contributed by atoms with Crippen LogP contribution in [0.3, 0.4) is 0 Å². The van der Waals surface area contributed by atoms with E-state index < -0.39 is 109 Å². The number of alkyl carbamates (subject to hydrolysis) is 1. The Labute approximate surface area is 251 Å². The first-order chi connectivity index (χ1) is 20.5. The number of carbonyl (C=O) groups is 5. The molecule has 1 aromatic rings. The van der Waals surface area contributed by atoms with Gasteiger partial charge in [-0.3, -0.25) is 14.4 Å². The highest BCUT2D eigenvalue weighted by Crippen LogP contribution is 2.22. The lowest BCUT2D eigenvalue weighted by atomic mass is 10.0. The molecule has 1 aliphatic heterocycles. The van der Waals surface area contributed by atoms with Crippen molar-refractivity contribution < 1.29 is 56.5 Å². The van der Waals surface area contributed by atoms with Gasteiger partial charge in [0.25, 0.3) is 0 Å². The van der Waals surface area contributed by atoms with Crippen LogP contribution in [0.15, 0.2) is 12.1 Å². The zero-order valence-corrected chi connectivity index (χ0v) is 24.7. The molecule has 0 spiro atoms. The van der Waals surface area contributed by atoms with E-state index in [2.05, 4.69) is 16.0 Å². The Bertz CT molecular complexity index is 1190. The van der Waals surface area contributed by atoms with Crippen LogP contribution in [0, 0.1) is 23.5 Å². The number of hydrogen-bond acceptors (Lipinski definition) is 7. The van der Waals surface area contributed by atoms with Gasteiger partial charge in [0, 0.05) is 31.5 Å². The summed E-state index contributed by atoms with van der Waals surface area (Å²) < 4.78 is 60.1. The van der Waals surface area contributed by atoms with Gasteiger partial charge in [0.05, 0.1) is 18.3 Å². The van der Waals surface area contributed by atoms with E-state index in [1.807, 2.05) is 13.8 Å². The number of likely N-dealkylation sites (tertiary alicyclic amines) is 1. The number of carboxylic acids is 1. The number of alkyl halides is 2. The van der Waals surface area contributed by atoms with Crippen molar-refractivity contribution in [1.82, 2.24) is 20.9 Å². The molecule has 1 heterocycles. The summed E-state index contributed by atoms with van der Waals surface area (Å²) in [6, 6.07) is -3.14. The smallest absolute Gasteiger partial charge is 0.407 e. The Morgan fingerprint density at radius 2 is 1.66 bits per heavy atom. The second kappa shape index (κ2) is 16.2. The van der Waals surface area contributed by atoms with Crippen molar-refractivity contribution in [2.75, 3.05) is 19.7 Å². The van der Waals surface area contributed by atoms with Crippen LogP contribution >= 0.6 is 0 Å². The number of hydrogen-bond donors (Lipinski definition) is 5. The maximum absolute atomic E-state index is 14.2. The van der Waals surface area contributed by atoms with Gasteiger partial charge in [0.2, 0.25) is 24.1 Å². The van der Waals surface area contributed by atoms with Crippen molar-refractivity contribution in [3.05, 3.63) is 34.9 Å². The summed E-state index contributed by atoms with van der Waals surface area (Å²) in [5.74, 6) is -7.20. The number of carboxylic acid groups (broad SMARTS) is 1. The van der Waals surface area contributed by atoms with Gasteiger partial charge in [-0.05, 0) is 30.4 Å². The first-order valence-corrected chi connectivity index (χ1v) is 14.0. The number of rotatable bonds is 14. The number of aliphatic hydroxyl groups excluding tert-OH is 1. The van der Waals surface area contributed by atoms with Crippen LogP contribution in [0.1, 0.15) is 56.5 Å².